The number of nitrogens with two attached hydrogens (primary N) is 1. The molecule has 3 N–H and O–H groups in total. The number of carbonyl (C=O) groups excluding carboxylic acids is 1. The average molecular weight is 338 g/mol. The van der Waals surface area contributed by atoms with E-state index in [0.717, 1.165) is 0 Å². The second-order valence-electron chi connectivity index (χ2n) is 6.37. The lowest BCUT2D eigenvalue weighted by Gasteiger charge is -2.45. The summed E-state index contributed by atoms with van der Waals surface area (Å²) in [6.07, 6.45) is 2.01. The van der Waals surface area contributed by atoms with Crippen molar-refractivity contribution in [2.45, 2.75) is 31.6 Å². The fourth-order valence-electron chi connectivity index (χ4n) is 3.05. The molecule has 0 saturated carbocycles. The zero-order valence-electron chi connectivity index (χ0n) is 13.9. The van der Waals surface area contributed by atoms with Gasteiger partial charge in [0.25, 0.3) is 0 Å². The Kier molecular flexibility index (Phi) is 4.07. The lowest BCUT2D eigenvalue weighted by atomic mass is 9.85. The third-order valence-corrected chi connectivity index (χ3v) is 4.30. The van der Waals surface area contributed by atoms with Crippen molar-refractivity contribution in [3.05, 3.63) is 53.9 Å². The molecule has 7 nitrogen and oxygen atoms in total. The Morgan fingerprint density at radius 2 is 2.04 bits per heavy atom. The van der Waals surface area contributed by atoms with Crippen molar-refractivity contribution in [2.75, 3.05) is 4.90 Å². The first-order chi connectivity index (χ1) is 11.8. The molecule has 1 aliphatic rings. The maximum absolute atomic E-state index is 12.2. The lowest BCUT2D eigenvalue weighted by molar-refractivity contribution is -0.0571. The van der Waals surface area contributed by atoms with E-state index < -0.39 is 23.8 Å². The number of aromatic nitrogens is 1. The number of nitriles is 1. The van der Waals surface area contributed by atoms with Gasteiger partial charge in [0.05, 0.1) is 17.7 Å². The summed E-state index contributed by atoms with van der Waals surface area (Å²) in [5, 5.41) is 20.1. The number of primary amides is 1. The minimum absolute atomic E-state index is 0.401. The minimum atomic E-state index is -1.06. The second-order valence-corrected chi connectivity index (χ2v) is 6.37. The standard InChI is InChI=1S/C18H18N4O3/c1-18(2)16(23)15(13-9-11(10-19)3-4-14(13)25-18)22(17(20)24)12-5-7-21-8-6-12/h3-9,15-16,23H,1-2H3,(H2,20,24)/t15-,16+/m0/s1. The average Bonchev–Trinajstić information content (AvgIpc) is 2.59. The van der Waals surface area contributed by atoms with Crippen LogP contribution in [0.25, 0.3) is 0 Å². The highest BCUT2D eigenvalue weighted by molar-refractivity contribution is 5.92. The maximum Gasteiger partial charge on any atom is 0.319 e. The Morgan fingerprint density at radius 1 is 1.36 bits per heavy atom. The molecule has 0 unspecified atom stereocenters. The second kappa shape index (κ2) is 6.07. The number of aliphatic hydroxyl groups excluding tert-OH is 1. The first kappa shape index (κ1) is 16.7. The number of fused-ring (bicyclic) bond motifs is 1. The van der Waals surface area contributed by atoms with Gasteiger partial charge in [-0.3, -0.25) is 9.88 Å². The number of benzene rings is 1. The van der Waals surface area contributed by atoms with Gasteiger partial charge in [-0.15, -0.1) is 0 Å². The number of nitrogens with zero attached hydrogens (tertiary/aromatic N) is 3. The van der Waals surface area contributed by atoms with Crippen LogP contribution >= 0.6 is 0 Å². The molecule has 0 saturated heterocycles. The smallest absolute Gasteiger partial charge is 0.319 e. The van der Waals surface area contributed by atoms with Gasteiger partial charge >= 0.3 is 6.03 Å². The van der Waals surface area contributed by atoms with Crippen LogP contribution in [0.3, 0.4) is 0 Å². The van der Waals surface area contributed by atoms with E-state index in [-0.39, 0.29) is 0 Å². The van der Waals surface area contributed by atoms with Gasteiger partial charge in [-0.25, -0.2) is 4.79 Å². The Labute approximate surface area is 145 Å². The SMILES string of the molecule is CC1(C)Oc2ccc(C#N)cc2[C@H](N(C(N)=O)c2ccncc2)[C@H]1O. The zero-order valence-corrected chi connectivity index (χ0v) is 13.9. The van der Waals surface area contributed by atoms with Gasteiger partial charge in [0.15, 0.2) is 0 Å². The Morgan fingerprint density at radius 3 is 2.64 bits per heavy atom. The van der Waals surface area contributed by atoms with Crippen LogP contribution in [0.4, 0.5) is 10.5 Å². The number of aliphatic hydroxyl groups is 1. The van der Waals surface area contributed by atoms with Gasteiger partial charge in [-0.1, -0.05) is 0 Å². The molecule has 2 aromatic rings. The first-order valence-corrected chi connectivity index (χ1v) is 7.75. The van der Waals surface area contributed by atoms with Crippen molar-refractivity contribution in [3.8, 4) is 11.8 Å². The molecule has 2 heterocycles. The number of urea groups is 1. The molecule has 0 fully saturated rings. The van der Waals surface area contributed by atoms with Gasteiger partial charge in [0.2, 0.25) is 0 Å². The van der Waals surface area contributed by atoms with E-state index in [4.69, 9.17) is 10.5 Å². The Hall–Kier alpha value is -3.11. The van der Waals surface area contributed by atoms with Crippen LogP contribution < -0.4 is 15.4 Å². The van der Waals surface area contributed by atoms with Gasteiger partial charge in [0, 0.05) is 23.6 Å². The van der Waals surface area contributed by atoms with E-state index in [0.29, 0.717) is 22.6 Å². The van der Waals surface area contributed by atoms with E-state index in [1.807, 2.05) is 0 Å². The normalized spacial score (nSPS) is 20.7. The van der Waals surface area contributed by atoms with Crippen LogP contribution in [0.15, 0.2) is 42.7 Å². The molecule has 0 radical (unpaired) electrons. The minimum Gasteiger partial charge on any atom is -0.485 e. The number of rotatable bonds is 2. The third kappa shape index (κ3) is 2.88. The van der Waals surface area contributed by atoms with Crippen molar-refractivity contribution >= 4 is 11.7 Å². The zero-order chi connectivity index (χ0) is 18.2. The molecule has 0 spiro atoms. The van der Waals surface area contributed by atoms with Crippen LogP contribution in [0.2, 0.25) is 0 Å². The van der Waals surface area contributed by atoms with Gasteiger partial charge in [-0.05, 0) is 44.2 Å². The van der Waals surface area contributed by atoms with Gasteiger partial charge < -0.3 is 15.6 Å². The Bertz CT molecular complexity index is 845. The van der Waals surface area contributed by atoms with Crippen molar-refractivity contribution in [1.29, 1.82) is 5.26 Å². The molecule has 1 aromatic carbocycles. The summed E-state index contributed by atoms with van der Waals surface area (Å²) in [6, 6.07) is 8.71. The van der Waals surface area contributed by atoms with Crippen molar-refractivity contribution in [2.24, 2.45) is 5.73 Å². The molecule has 0 aliphatic carbocycles. The van der Waals surface area contributed by atoms with Crippen molar-refractivity contribution < 1.29 is 14.6 Å². The number of carbonyl (C=O) groups is 1. The van der Waals surface area contributed by atoms with Crippen molar-refractivity contribution in [3.63, 3.8) is 0 Å². The fraction of sp³-hybridized carbons (Fsp3) is 0.278. The molecular formula is C18H18N4O3. The van der Waals surface area contributed by atoms with E-state index in [1.54, 1.807) is 44.2 Å². The van der Waals surface area contributed by atoms with Crippen LogP contribution in [0.5, 0.6) is 5.75 Å². The number of anilines is 1. The molecule has 7 heteroatoms. The predicted molar refractivity (Wildman–Crippen MR) is 90.9 cm³/mol. The molecule has 0 bridgehead atoms. The monoisotopic (exact) mass is 338 g/mol. The molecule has 1 aliphatic heterocycles. The number of ether oxygens (including phenoxy) is 1. The molecule has 1 aromatic heterocycles. The van der Waals surface area contributed by atoms with E-state index in [2.05, 4.69) is 11.1 Å². The maximum atomic E-state index is 12.2. The van der Waals surface area contributed by atoms with E-state index in [9.17, 15) is 15.2 Å². The highest BCUT2D eigenvalue weighted by atomic mass is 16.5. The highest BCUT2D eigenvalue weighted by Crippen LogP contribution is 2.44. The molecule has 25 heavy (non-hydrogen) atoms. The summed E-state index contributed by atoms with van der Waals surface area (Å²) in [5.41, 5.74) is 6.10. The van der Waals surface area contributed by atoms with Crippen LogP contribution in [-0.2, 0) is 0 Å². The molecule has 128 valence electrons. The number of pyridine rings is 1. The largest absolute Gasteiger partial charge is 0.485 e. The molecule has 2 amide bonds. The molecule has 2 atom stereocenters. The summed E-state index contributed by atoms with van der Waals surface area (Å²) in [6.45, 7) is 3.47. The summed E-state index contributed by atoms with van der Waals surface area (Å²) in [5.74, 6) is 0.500. The van der Waals surface area contributed by atoms with Crippen LogP contribution in [-0.4, -0.2) is 27.8 Å². The molecular weight excluding hydrogens is 320 g/mol. The first-order valence-electron chi connectivity index (χ1n) is 7.75. The van der Waals surface area contributed by atoms with E-state index >= 15 is 0 Å². The summed E-state index contributed by atoms with van der Waals surface area (Å²) in [7, 11) is 0. The quantitative estimate of drug-likeness (QED) is 0.871. The fourth-order valence-corrected chi connectivity index (χ4v) is 3.05. The van der Waals surface area contributed by atoms with Gasteiger partial charge in [0.1, 0.15) is 17.5 Å². The third-order valence-electron chi connectivity index (χ3n) is 4.30. The highest BCUT2D eigenvalue weighted by Gasteiger charge is 2.47. The van der Waals surface area contributed by atoms with Crippen molar-refractivity contribution in [1.82, 2.24) is 4.98 Å². The van der Waals surface area contributed by atoms with E-state index in [1.165, 1.54) is 17.3 Å². The Balaban J connectivity index is 2.21. The topological polar surface area (TPSA) is 112 Å². The van der Waals surface area contributed by atoms with Gasteiger partial charge in [-0.2, -0.15) is 5.26 Å². The van der Waals surface area contributed by atoms with Crippen LogP contribution in [0, 0.1) is 11.3 Å². The number of hydrogen-bond donors (Lipinski definition) is 2. The number of amides is 2. The summed E-state index contributed by atoms with van der Waals surface area (Å²) < 4.78 is 5.88. The summed E-state index contributed by atoms with van der Waals surface area (Å²) >= 11 is 0. The lowest BCUT2D eigenvalue weighted by Crippen LogP contribution is -2.56. The van der Waals surface area contributed by atoms with Crippen LogP contribution in [0.1, 0.15) is 31.0 Å². The molecule has 3 rings (SSSR count). The summed E-state index contributed by atoms with van der Waals surface area (Å²) in [4.78, 5) is 17.5. The number of hydrogen-bond acceptors (Lipinski definition) is 5. The predicted octanol–water partition coefficient (Wildman–Crippen LogP) is 2.11.